The van der Waals surface area contributed by atoms with Gasteiger partial charge < -0.3 is 5.73 Å². The Hall–Kier alpha value is -2.54. The summed E-state index contributed by atoms with van der Waals surface area (Å²) < 4.78 is 1.81. The Labute approximate surface area is 139 Å². The lowest BCUT2D eigenvalue weighted by Crippen LogP contribution is -2.41. The average molecular weight is 327 g/mol. The van der Waals surface area contributed by atoms with Gasteiger partial charge >= 0.3 is 0 Å². The third-order valence-corrected chi connectivity index (χ3v) is 3.95. The number of hydrogen-bond donors (Lipinski definition) is 2. The van der Waals surface area contributed by atoms with Crippen molar-refractivity contribution >= 4 is 28.8 Å². The van der Waals surface area contributed by atoms with Crippen LogP contribution in [0, 0.1) is 5.41 Å². The van der Waals surface area contributed by atoms with Crippen LogP contribution in [-0.4, -0.2) is 26.4 Å². The molecule has 2 aromatic rings. The first kappa shape index (κ1) is 15.4. The van der Waals surface area contributed by atoms with Crippen LogP contribution < -0.4 is 11.2 Å². The van der Waals surface area contributed by atoms with E-state index in [2.05, 4.69) is 15.6 Å². The normalized spacial score (nSPS) is 17.8. The van der Waals surface area contributed by atoms with Crippen molar-refractivity contribution < 1.29 is 4.79 Å². The molecule has 0 unspecified atom stereocenters. The summed E-state index contributed by atoms with van der Waals surface area (Å²) in [6.07, 6.45) is 2.23. The average Bonchev–Trinajstić information content (AvgIpc) is 2.90. The van der Waals surface area contributed by atoms with Gasteiger partial charge in [0.05, 0.1) is 23.1 Å². The first-order valence-corrected chi connectivity index (χ1v) is 7.61. The molecule has 3 rings (SSSR count). The summed E-state index contributed by atoms with van der Waals surface area (Å²) in [5.74, 6) is -0.151. The predicted molar refractivity (Wildman–Crippen MR) is 92.7 cm³/mol. The highest BCUT2D eigenvalue weighted by atomic mass is 32.1. The molecule has 0 fully saturated rings. The quantitative estimate of drug-likeness (QED) is 0.649. The van der Waals surface area contributed by atoms with E-state index in [1.807, 2.05) is 48.9 Å². The van der Waals surface area contributed by atoms with Gasteiger partial charge in [-0.3, -0.25) is 10.2 Å². The molecule has 0 amide bonds. The van der Waals surface area contributed by atoms with Crippen molar-refractivity contribution in [2.45, 2.75) is 20.3 Å². The molecule has 0 bridgehead atoms. The number of carbonyl (C=O) groups is 1. The highest BCUT2D eigenvalue weighted by Crippen LogP contribution is 2.33. The molecule has 1 heterocycles. The molecule has 1 aromatic heterocycles. The number of para-hydroxylation sites is 1. The van der Waals surface area contributed by atoms with E-state index in [1.165, 1.54) is 0 Å². The van der Waals surface area contributed by atoms with Gasteiger partial charge in [0.15, 0.2) is 5.11 Å². The zero-order valence-corrected chi connectivity index (χ0v) is 13.7. The minimum atomic E-state index is -0.450. The molecule has 118 valence electrons. The fraction of sp³-hybridized carbons (Fsp3) is 0.250. The minimum absolute atomic E-state index is 0.0341. The third-order valence-electron chi connectivity index (χ3n) is 3.86. The van der Waals surface area contributed by atoms with Crippen LogP contribution in [0.1, 0.15) is 29.9 Å². The number of rotatable bonds is 2. The SMILES string of the molecule is CC1(C)Cc2c(cnn2-c2ccccc2)C(=O)/C1=N\NC(N)=S. The predicted octanol–water partition coefficient (Wildman–Crippen LogP) is 1.83. The van der Waals surface area contributed by atoms with E-state index >= 15 is 0 Å². The van der Waals surface area contributed by atoms with E-state index < -0.39 is 5.41 Å². The van der Waals surface area contributed by atoms with Crippen LogP contribution in [0.25, 0.3) is 5.69 Å². The van der Waals surface area contributed by atoms with Crippen LogP contribution in [0.2, 0.25) is 0 Å². The molecule has 23 heavy (non-hydrogen) atoms. The Morgan fingerprint density at radius 2 is 2.09 bits per heavy atom. The monoisotopic (exact) mass is 327 g/mol. The first-order valence-electron chi connectivity index (χ1n) is 7.21. The maximum Gasteiger partial charge on any atom is 0.213 e. The molecule has 1 aliphatic rings. The molecular formula is C16H17N5OS. The van der Waals surface area contributed by atoms with Crippen molar-refractivity contribution in [2.24, 2.45) is 16.3 Å². The van der Waals surface area contributed by atoms with Crippen molar-refractivity contribution in [1.82, 2.24) is 15.2 Å². The van der Waals surface area contributed by atoms with Crippen molar-refractivity contribution in [3.8, 4) is 5.69 Å². The maximum absolute atomic E-state index is 12.8. The summed E-state index contributed by atoms with van der Waals surface area (Å²) in [7, 11) is 0. The molecule has 0 saturated heterocycles. The summed E-state index contributed by atoms with van der Waals surface area (Å²) in [6, 6.07) is 9.75. The number of nitrogens with one attached hydrogen (secondary N) is 1. The van der Waals surface area contributed by atoms with Crippen molar-refractivity contribution in [3.63, 3.8) is 0 Å². The summed E-state index contributed by atoms with van der Waals surface area (Å²) >= 11 is 4.76. The van der Waals surface area contributed by atoms with Crippen LogP contribution in [0.4, 0.5) is 0 Å². The van der Waals surface area contributed by atoms with Gasteiger partial charge in [0.2, 0.25) is 5.78 Å². The zero-order chi connectivity index (χ0) is 16.6. The standard InChI is InChI=1S/C16H17N5OS/c1-16(2)8-12-11(13(22)14(16)19-20-15(17)23)9-18-21(12)10-6-4-3-5-7-10/h3-7,9H,8H2,1-2H3,(H3,17,20,23)/b19-14+. The van der Waals surface area contributed by atoms with Crippen LogP contribution >= 0.6 is 12.2 Å². The maximum atomic E-state index is 12.8. The Kier molecular flexibility index (Phi) is 3.73. The van der Waals surface area contributed by atoms with Crippen molar-refractivity contribution in [2.75, 3.05) is 0 Å². The van der Waals surface area contributed by atoms with Gasteiger partial charge in [-0.25, -0.2) is 4.68 Å². The molecule has 0 aliphatic heterocycles. The Morgan fingerprint density at radius 1 is 1.39 bits per heavy atom. The Morgan fingerprint density at radius 3 is 2.74 bits per heavy atom. The summed E-state index contributed by atoms with van der Waals surface area (Å²) in [5.41, 5.74) is 10.3. The second-order valence-electron chi connectivity index (χ2n) is 6.08. The topological polar surface area (TPSA) is 85.3 Å². The second-order valence-corrected chi connectivity index (χ2v) is 6.52. The number of aromatic nitrogens is 2. The third kappa shape index (κ3) is 2.75. The molecule has 7 heteroatoms. The Bertz CT molecular complexity index is 807. The van der Waals surface area contributed by atoms with Gasteiger partial charge in [-0.1, -0.05) is 32.0 Å². The first-order chi connectivity index (χ1) is 10.9. The number of benzene rings is 1. The van der Waals surface area contributed by atoms with Gasteiger partial charge in [0, 0.05) is 11.8 Å². The molecule has 3 N–H and O–H groups in total. The number of Topliss-reactive ketones (excluding diaryl/α,β-unsaturated/α-hetero) is 1. The number of thiocarbonyl (C=S) groups is 1. The minimum Gasteiger partial charge on any atom is -0.375 e. The van der Waals surface area contributed by atoms with Crippen LogP contribution in [0.5, 0.6) is 0 Å². The lowest BCUT2D eigenvalue weighted by atomic mass is 9.74. The molecule has 0 radical (unpaired) electrons. The van der Waals surface area contributed by atoms with E-state index in [-0.39, 0.29) is 10.9 Å². The largest absolute Gasteiger partial charge is 0.375 e. The fourth-order valence-electron chi connectivity index (χ4n) is 2.78. The number of hydrazone groups is 1. The van der Waals surface area contributed by atoms with E-state index in [4.69, 9.17) is 18.0 Å². The summed E-state index contributed by atoms with van der Waals surface area (Å²) in [6.45, 7) is 3.94. The molecule has 0 saturated carbocycles. The van der Waals surface area contributed by atoms with Gasteiger partial charge in [0.1, 0.15) is 5.71 Å². The molecule has 1 aromatic carbocycles. The Balaban J connectivity index is 2.07. The molecule has 1 aliphatic carbocycles. The van der Waals surface area contributed by atoms with Gasteiger partial charge in [-0.05, 0) is 24.4 Å². The number of fused-ring (bicyclic) bond motifs is 1. The smallest absolute Gasteiger partial charge is 0.213 e. The number of nitrogens with two attached hydrogens (primary N) is 1. The summed E-state index contributed by atoms with van der Waals surface area (Å²) in [5, 5.41) is 8.53. The van der Waals surface area contributed by atoms with Crippen molar-refractivity contribution in [3.05, 3.63) is 47.8 Å². The lowest BCUT2D eigenvalue weighted by Gasteiger charge is -2.30. The molecular weight excluding hydrogens is 310 g/mol. The second kappa shape index (κ2) is 5.58. The van der Waals surface area contributed by atoms with Gasteiger partial charge in [-0.15, -0.1) is 0 Å². The van der Waals surface area contributed by atoms with E-state index in [9.17, 15) is 4.79 Å². The van der Waals surface area contributed by atoms with E-state index in [1.54, 1.807) is 6.20 Å². The van der Waals surface area contributed by atoms with E-state index in [0.29, 0.717) is 17.7 Å². The van der Waals surface area contributed by atoms with Crippen LogP contribution in [0.15, 0.2) is 41.6 Å². The van der Waals surface area contributed by atoms with Crippen LogP contribution in [-0.2, 0) is 6.42 Å². The van der Waals surface area contributed by atoms with Crippen LogP contribution in [0.3, 0.4) is 0 Å². The fourth-order valence-corrected chi connectivity index (χ4v) is 2.82. The molecule has 0 spiro atoms. The van der Waals surface area contributed by atoms with Crippen molar-refractivity contribution in [1.29, 1.82) is 0 Å². The number of nitrogens with zero attached hydrogens (tertiary/aromatic N) is 3. The molecule has 6 nitrogen and oxygen atoms in total. The highest BCUT2D eigenvalue weighted by Gasteiger charge is 2.40. The number of carbonyl (C=O) groups excluding carboxylic acids is 1. The lowest BCUT2D eigenvalue weighted by molar-refractivity contribution is 0.104. The highest BCUT2D eigenvalue weighted by molar-refractivity contribution is 7.80. The van der Waals surface area contributed by atoms with Gasteiger partial charge in [0.25, 0.3) is 0 Å². The van der Waals surface area contributed by atoms with Gasteiger partial charge in [-0.2, -0.15) is 10.2 Å². The zero-order valence-electron chi connectivity index (χ0n) is 12.9. The van der Waals surface area contributed by atoms with E-state index in [0.717, 1.165) is 11.4 Å². The molecule has 0 atom stereocenters. The number of hydrogen-bond acceptors (Lipinski definition) is 4. The number of ketones is 1. The summed E-state index contributed by atoms with van der Waals surface area (Å²) in [4.78, 5) is 12.8.